The molecule has 0 saturated heterocycles. The zero-order valence-corrected chi connectivity index (χ0v) is 13.2. The van der Waals surface area contributed by atoms with Gasteiger partial charge in [-0.1, -0.05) is 13.0 Å². The Morgan fingerprint density at radius 3 is 2.57 bits per heavy atom. The van der Waals surface area contributed by atoms with Crippen molar-refractivity contribution < 1.29 is 0 Å². The zero-order valence-electron chi connectivity index (χ0n) is 13.2. The first-order valence-electron chi connectivity index (χ1n) is 7.39. The summed E-state index contributed by atoms with van der Waals surface area (Å²) in [6, 6.07) is 8.09. The smallest absolute Gasteiger partial charge is 0.134 e. The topological polar surface area (TPSA) is 53.9 Å². The molecular formula is C16H23N5. The highest BCUT2D eigenvalue weighted by Gasteiger charge is 2.11. The number of nitrogens with one attached hydrogen (secondary N) is 1. The maximum absolute atomic E-state index is 4.64. The number of nitrogens with zero attached hydrogens (tertiary/aromatic N) is 4. The van der Waals surface area contributed by atoms with Crippen molar-refractivity contribution in [3.63, 3.8) is 0 Å². The molecule has 1 N–H and O–H groups in total. The second kappa shape index (κ2) is 7.02. The normalized spacial score (nSPS) is 10.5. The van der Waals surface area contributed by atoms with Crippen LogP contribution in [0, 0.1) is 6.92 Å². The van der Waals surface area contributed by atoms with Crippen molar-refractivity contribution in [2.75, 3.05) is 23.8 Å². The quantitative estimate of drug-likeness (QED) is 0.884. The molecule has 0 atom stereocenters. The van der Waals surface area contributed by atoms with Gasteiger partial charge in [-0.3, -0.25) is 4.98 Å². The van der Waals surface area contributed by atoms with E-state index in [-0.39, 0.29) is 0 Å². The molecule has 0 aliphatic heterocycles. The van der Waals surface area contributed by atoms with Gasteiger partial charge >= 0.3 is 0 Å². The fourth-order valence-corrected chi connectivity index (χ4v) is 2.17. The SMILES string of the molecule is CCc1nc(NC)cc(N(CC)Cc2cccc(C)n2)n1. The van der Waals surface area contributed by atoms with E-state index >= 15 is 0 Å². The monoisotopic (exact) mass is 285 g/mol. The van der Waals surface area contributed by atoms with Crippen molar-refractivity contribution in [2.45, 2.75) is 33.7 Å². The number of hydrogen-bond donors (Lipinski definition) is 1. The molecule has 5 nitrogen and oxygen atoms in total. The maximum Gasteiger partial charge on any atom is 0.134 e. The number of hydrogen-bond acceptors (Lipinski definition) is 5. The fourth-order valence-electron chi connectivity index (χ4n) is 2.17. The van der Waals surface area contributed by atoms with Crippen LogP contribution in [-0.4, -0.2) is 28.5 Å². The predicted molar refractivity (Wildman–Crippen MR) is 86.7 cm³/mol. The van der Waals surface area contributed by atoms with E-state index in [1.807, 2.05) is 32.2 Å². The Balaban J connectivity index is 2.28. The third kappa shape index (κ3) is 3.90. The summed E-state index contributed by atoms with van der Waals surface area (Å²) in [5.41, 5.74) is 2.09. The van der Waals surface area contributed by atoms with Gasteiger partial charge in [0.05, 0.1) is 12.2 Å². The van der Waals surface area contributed by atoms with Gasteiger partial charge in [-0.05, 0) is 26.0 Å². The van der Waals surface area contributed by atoms with E-state index < -0.39 is 0 Å². The standard InChI is InChI=1S/C16H23N5/c1-5-14-19-15(17-4)10-16(20-14)21(6-2)11-13-9-7-8-12(3)18-13/h7-10H,5-6,11H2,1-4H3,(H,17,19,20). The molecule has 2 aromatic heterocycles. The molecule has 0 aromatic carbocycles. The Bertz CT molecular complexity index is 575. The average Bonchev–Trinajstić information content (AvgIpc) is 2.52. The van der Waals surface area contributed by atoms with Gasteiger partial charge < -0.3 is 10.2 Å². The van der Waals surface area contributed by atoms with E-state index in [0.29, 0.717) is 0 Å². The third-order valence-corrected chi connectivity index (χ3v) is 3.34. The summed E-state index contributed by atoms with van der Waals surface area (Å²) >= 11 is 0. The lowest BCUT2D eigenvalue weighted by molar-refractivity contribution is 0.778. The van der Waals surface area contributed by atoms with Gasteiger partial charge in [0.2, 0.25) is 0 Å². The molecule has 0 spiro atoms. The van der Waals surface area contributed by atoms with E-state index in [4.69, 9.17) is 0 Å². The molecule has 0 saturated carbocycles. The van der Waals surface area contributed by atoms with Gasteiger partial charge in [-0.2, -0.15) is 0 Å². The highest BCUT2D eigenvalue weighted by molar-refractivity contribution is 5.49. The Kier molecular flexibility index (Phi) is 5.09. The summed E-state index contributed by atoms with van der Waals surface area (Å²) in [6.07, 6.45) is 0.822. The van der Waals surface area contributed by atoms with Crippen molar-refractivity contribution in [3.8, 4) is 0 Å². The van der Waals surface area contributed by atoms with Gasteiger partial charge in [0.1, 0.15) is 17.5 Å². The van der Waals surface area contributed by atoms with Crippen LogP contribution >= 0.6 is 0 Å². The predicted octanol–water partition coefficient (Wildman–Crippen LogP) is 2.81. The Morgan fingerprint density at radius 1 is 1.14 bits per heavy atom. The molecule has 112 valence electrons. The van der Waals surface area contributed by atoms with Crippen molar-refractivity contribution in [2.24, 2.45) is 0 Å². The van der Waals surface area contributed by atoms with Crippen molar-refractivity contribution >= 4 is 11.6 Å². The van der Waals surface area contributed by atoms with Crippen LogP contribution in [0.1, 0.15) is 31.1 Å². The first kappa shape index (κ1) is 15.2. The number of rotatable bonds is 6. The van der Waals surface area contributed by atoms with E-state index in [0.717, 1.165) is 48.4 Å². The minimum atomic E-state index is 0.751. The van der Waals surface area contributed by atoms with Gasteiger partial charge in [-0.25, -0.2) is 9.97 Å². The molecule has 0 fully saturated rings. The molecular weight excluding hydrogens is 262 g/mol. The second-order valence-electron chi connectivity index (χ2n) is 4.92. The molecule has 2 rings (SSSR count). The summed E-state index contributed by atoms with van der Waals surface area (Å²) in [5, 5.41) is 3.10. The highest BCUT2D eigenvalue weighted by atomic mass is 15.2. The van der Waals surface area contributed by atoms with E-state index in [1.54, 1.807) is 0 Å². The van der Waals surface area contributed by atoms with Gasteiger partial charge in [0.15, 0.2) is 0 Å². The lowest BCUT2D eigenvalue weighted by atomic mass is 10.3. The summed E-state index contributed by atoms with van der Waals surface area (Å²) in [6.45, 7) is 7.83. The van der Waals surface area contributed by atoms with Crippen molar-refractivity contribution in [1.29, 1.82) is 0 Å². The van der Waals surface area contributed by atoms with Crippen molar-refractivity contribution in [1.82, 2.24) is 15.0 Å². The fraction of sp³-hybridized carbons (Fsp3) is 0.438. The minimum absolute atomic E-state index is 0.751. The summed E-state index contributed by atoms with van der Waals surface area (Å²) < 4.78 is 0. The molecule has 0 aliphatic carbocycles. The summed E-state index contributed by atoms with van der Waals surface area (Å²) in [4.78, 5) is 15.9. The molecule has 0 unspecified atom stereocenters. The minimum Gasteiger partial charge on any atom is -0.373 e. The van der Waals surface area contributed by atoms with Gasteiger partial charge in [0, 0.05) is 31.8 Å². The van der Waals surface area contributed by atoms with E-state index in [1.165, 1.54) is 0 Å². The lowest BCUT2D eigenvalue weighted by Crippen LogP contribution is -2.24. The molecule has 0 bridgehead atoms. The molecule has 0 aliphatic rings. The summed E-state index contributed by atoms with van der Waals surface area (Å²) in [7, 11) is 1.88. The van der Waals surface area contributed by atoms with E-state index in [9.17, 15) is 0 Å². The largest absolute Gasteiger partial charge is 0.373 e. The van der Waals surface area contributed by atoms with Crippen LogP contribution in [0.2, 0.25) is 0 Å². The third-order valence-electron chi connectivity index (χ3n) is 3.34. The Hall–Kier alpha value is -2.17. The number of aromatic nitrogens is 3. The van der Waals surface area contributed by atoms with Crippen LogP contribution in [0.25, 0.3) is 0 Å². The highest BCUT2D eigenvalue weighted by Crippen LogP contribution is 2.18. The van der Waals surface area contributed by atoms with Crippen LogP contribution < -0.4 is 10.2 Å². The summed E-state index contributed by atoms with van der Waals surface area (Å²) in [5.74, 6) is 2.65. The van der Waals surface area contributed by atoms with Crippen LogP contribution in [0.4, 0.5) is 11.6 Å². The molecule has 2 heterocycles. The van der Waals surface area contributed by atoms with Crippen LogP contribution in [-0.2, 0) is 13.0 Å². The van der Waals surface area contributed by atoms with E-state index in [2.05, 4.69) is 45.1 Å². The number of pyridine rings is 1. The van der Waals surface area contributed by atoms with Gasteiger partial charge in [-0.15, -0.1) is 0 Å². The van der Waals surface area contributed by atoms with Gasteiger partial charge in [0.25, 0.3) is 0 Å². The zero-order chi connectivity index (χ0) is 15.2. The van der Waals surface area contributed by atoms with Crippen LogP contribution in [0.5, 0.6) is 0 Å². The van der Waals surface area contributed by atoms with Crippen LogP contribution in [0.15, 0.2) is 24.3 Å². The van der Waals surface area contributed by atoms with Crippen molar-refractivity contribution in [3.05, 3.63) is 41.5 Å². The van der Waals surface area contributed by atoms with Crippen LogP contribution in [0.3, 0.4) is 0 Å². The molecule has 0 amide bonds. The Morgan fingerprint density at radius 2 is 1.95 bits per heavy atom. The molecule has 5 heteroatoms. The second-order valence-corrected chi connectivity index (χ2v) is 4.92. The number of anilines is 2. The molecule has 21 heavy (non-hydrogen) atoms. The average molecular weight is 285 g/mol. The molecule has 0 radical (unpaired) electrons. The number of aryl methyl sites for hydroxylation is 2. The first-order valence-corrected chi connectivity index (χ1v) is 7.39. The first-order chi connectivity index (χ1) is 10.2. The molecule has 2 aromatic rings. The lowest BCUT2D eigenvalue weighted by Gasteiger charge is -2.22. The maximum atomic E-state index is 4.64. The Labute approximate surface area is 126 Å².